The van der Waals surface area contributed by atoms with Gasteiger partial charge < -0.3 is 30.6 Å². The van der Waals surface area contributed by atoms with E-state index in [4.69, 9.17) is 19.9 Å². The van der Waals surface area contributed by atoms with E-state index in [9.17, 15) is 19.2 Å². The zero-order valence-electron chi connectivity index (χ0n) is 16.9. The van der Waals surface area contributed by atoms with Gasteiger partial charge in [-0.3, -0.25) is 19.2 Å². The third-order valence-corrected chi connectivity index (χ3v) is 5.40. The van der Waals surface area contributed by atoms with Crippen LogP contribution in [-0.4, -0.2) is 93.0 Å². The first-order valence-corrected chi connectivity index (χ1v) is 11.5. The zero-order valence-corrected chi connectivity index (χ0v) is 18.6. The van der Waals surface area contributed by atoms with Gasteiger partial charge in [-0.05, 0) is 12.2 Å². The molecule has 0 bridgehead atoms. The summed E-state index contributed by atoms with van der Waals surface area (Å²) in [5.74, 6) is -0.647. The van der Waals surface area contributed by atoms with Crippen LogP contribution in [0.3, 0.4) is 0 Å². The second-order valence-corrected chi connectivity index (χ2v) is 8.13. The summed E-state index contributed by atoms with van der Waals surface area (Å²) in [5.41, 5.74) is 5.25. The summed E-state index contributed by atoms with van der Waals surface area (Å²) in [6.07, 6.45) is 0.146. The second-order valence-electron chi connectivity index (χ2n) is 6.53. The molecule has 0 spiro atoms. The standard InChI is InChI=1S/C18H31N3O7S2/c19-18(25)14-12-30-8-1-13(15(22)9-16(23)21-14)10-20-17(24)11-28-5-4-26-2-3-27-6-7-29/h13-14,29H,1-12H2,(H2,19,25)(H,20,24)(H,21,23). The highest BCUT2D eigenvalue weighted by Gasteiger charge is 2.26. The molecule has 3 amide bonds. The van der Waals surface area contributed by atoms with Gasteiger partial charge in [-0.2, -0.15) is 24.4 Å². The molecule has 1 saturated heterocycles. The molecule has 12 heteroatoms. The number of carbonyl (C=O) groups excluding carboxylic acids is 4. The lowest BCUT2D eigenvalue weighted by molar-refractivity contribution is -0.132. The van der Waals surface area contributed by atoms with Crippen molar-refractivity contribution in [3.63, 3.8) is 0 Å². The van der Waals surface area contributed by atoms with Crippen molar-refractivity contribution in [3.8, 4) is 0 Å². The highest BCUT2D eigenvalue weighted by Crippen LogP contribution is 2.15. The number of hydrogen-bond donors (Lipinski definition) is 4. The molecule has 1 rings (SSSR count). The van der Waals surface area contributed by atoms with Crippen molar-refractivity contribution in [2.45, 2.75) is 18.9 Å². The number of ether oxygens (including phenoxy) is 3. The number of amides is 3. The molecule has 0 aromatic rings. The van der Waals surface area contributed by atoms with E-state index in [0.717, 1.165) is 0 Å². The number of thiol groups is 1. The van der Waals surface area contributed by atoms with Gasteiger partial charge in [0.25, 0.3) is 0 Å². The van der Waals surface area contributed by atoms with E-state index in [2.05, 4.69) is 23.3 Å². The van der Waals surface area contributed by atoms with Gasteiger partial charge in [0.1, 0.15) is 18.4 Å². The highest BCUT2D eigenvalue weighted by molar-refractivity contribution is 7.99. The van der Waals surface area contributed by atoms with Crippen molar-refractivity contribution < 1.29 is 33.4 Å². The van der Waals surface area contributed by atoms with Crippen LogP contribution in [0.15, 0.2) is 0 Å². The Hall–Kier alpha value is -1.34. The molecule has 1 heterocycles. The van der Waals surface area contributed by atoms with Crippen LogP contribution in [0, 0.1) is 5.92 Å². The Morgan fingerprint density at radius 2 is 1.80 bits per heavy atom. The van der Waals surface area contributed by atoms with Crippen LogP contribution in [0.2, 0.25) is 0 Å². The first-order chi connectivity index (χ1) is 14.4. The maximum Gasteiger partial charge on any atom is 0.246 e. The largest absolute Gasteiger partial charge is 0.378 e. The lowest BCUT2D eigenvalue weighted by Crippen LogP contribution is -2.47. The summed E-state index contributed by atoms with van der Waals surface area (Å²) < 4.78 is 15.7. The van der Waals surface area contributed by atoms with Crippen molar-refractivity contribution >= 4 is 47.9 Å². The van der Waals surface area contributed by atoms with E-state index in [1.807, 2.05) is 0 Å². The fourth-order valence-corrected chi connectivity index (χ4v) is 3.73. The minimum Gasteiger partial charge on any atom is -0.378 e. The van der Waals surface area contributed by atoms with E-state index in [1.165, 1.54) is 11.8 Å². The molecular weight excluding hydrogens is 434 g/mol. The van der Waals surface area contributed by atoms with E-state index < -0.39 is 23.8 Å². The fourth-order valence-electron chi connectivity index (χ4n) is 2.50. The summed E-state index contributed by atoms with van der Waals surface area (Å²) in [7, 11) is 0. The molecule has 0 saturated carbocycles. The zero-order chi connectivity index (χ0) is 22.2. The van der Waals surface area contributed by atoms with Crippen LogP contribution in [0.5, 0.6) is 0 Å². The molecule has 0 aromatic carbocycles. The Balaban J connectivity index is 2.23. The van der Waals surface area contributed by atoms with Crippen LogP contribution in [0.1, 0.15) is 12.8 Å². The molecule has 0 aliphatic carbocycles. The molecule has 1 aliphatic heterocycles. The van der Waals surface area contributed by atoms with Gasteiger partial charge in [-0.25, -0.2) is 0 Å². The molecule has 0 aromatic heterocycles. The van der Waals surface area contributed by atoms with Gasteiger partial charge >= 0.3 is 0 Å². The number of Topliss-reactive ketones (excluding diaryl/α,β-unsaturated/α-hetero) is 1. The number of primary amides is 1. The van der Waals surface area contributed by atoms with Crippen LogP contribution in [0.25, 0.3) is 0 Å². The number of nitrogens with two attached hydrogens (primary N) is 1. The first kappa shape index (κ1) is 26.7. The first-order valence-electron chi connectivity index (χ1n) is 9.74. The maximum absolute atomic E-state index is 12.4. The Kier molecular flexibility index (Phi) is 14.6. The number of carbonyl (C=O) groups is 4. The van der Waals surface area contributed by atoms with E-state index >= 15 is 0 Å². The van der Waals surface area contributed by atoms with Gasteiger partial charge in [0.05, 0.1) is 39.5 Å². The molecule has 10 nitrogen and oxygen atoms in total. The Morgan fingerprint density at radius 1 is 1.13 bits per heavy atom. The molecule has 4 N–H and O–H groups in total. The summed E-state index contributed by atoms with van der Waals surface area (Å²) in [5, 5.41) is 5.14. The SMILES string of the molecule is NC(=O)C1CSCCC(CNC(=O)COCCOCCOCCS)C(=O)CC(=O)N1. The molecule has 2 unspecified atom stereocenters. The van der Waals surface area contributed by atoms with Crippen LogP contribution in [-0.2, 0) is 33.4 Å². The highest BCUT2D eigenvalue weighted by atomic mass is 32.2. The van der Waals surface area contributed by atoms with E-state index in [0.29, 0.717) is 50.1 Å². The van der Waals surface area contributed by atoms with Crippen molar-refractivity contribution in [2.75, 3.05) is 63.4 Å². The number of ketones is 1. The summed E-state index contributed by atoms with van der Waals surface area (Å²) in [6, 6.07) is -0.784. The second kappa shape index (κ2) is 16.4. The van der Waals surface area contributed by atoms with Gasteiger partial charge in [-0.1, -0.05) is 0 Å². The van der Waals surface area contributed by atoms with Gasteiger partial charge in [0, 0.05) is 24.0 Å². The van der Waals surface area contributed by atoms with Gasteiger partial charge in [0.15, 0.2) is 0 Å². The fraction of sp³-hybridized carbons (Fsp3) is 0.778. The minimum absolute atomic E-state index is 0.132. The molecule has 30 heavy (non-hydrogen) atoms. The monoisotopic (exact) mass is 465 g/mol. The van der Waals surface area contributed by atoms with E-state index in [-0.39, 0.29) is 37.9 Å². The molecular formula is C18H31N3O7S2. The van der Waals surface area contributed by atoms with E-state index in [1.54, 1.807) is 0 Å². The Labute approximate surface area is 186 Å². The van der Waals surface area contributed by atoms with Gasteiger partial charge in [-0.15, -0.1) is 0 Å². The van der Waals surface area contributed by atoms with Gasteiger partial charge in [0.2, 0.25) is 17.7 Å². The maximum atomic E-state index is 12.4. The van der Waals surface area contributed by atoms with Crippen molar-refractivity contribution in [1.29, 1.82) is 0 Å². The quantitative estimate of drug-likeness (QED) is 0.150. The summed E-state index contributed by atoms with van der Waals surface area (Å²) >= 11 is 5.45. The Bertz CT molecular complexity index is 566. The van der Waals surface area contributed by atoms with Crippen molar-refractivity contribution in [2.24, 2.45) is 11.7 Å². The molecule has 2 atom stereocenters. The van der Waals surface area contributed by atoms with Crippen LogP contribution < -0.4 is 16.4 Å². The average molecular weight is 466 g/mol. The van der Waals surface area contributed by atoms with Crippen molar-refractivity contribution in [3.05, 3.63) is 0 Å². The lowest BCUT2D eigenvalue weighted by atomic mass is 9.98. The third-order valence-electron chi connectivity index (χ3n) is 4.12. The smallest absolute Gasteiger partial charge is 0.246 e. The summed E-state index contributed by atoms with van der Waals surface area (Å²) in [6.45, 7) is 2.10. The number of thioether (sulfide) groups is 1. The van der Waals surface area contributed by atoms with Crippen LogP contribution >= 0.6 is 24.4 Å². The average Bonchev–Trinajstić information content (AvgIpc) is 2.70. The minimum atomic E-state index is -0.784. The molecule has 172 valence electrons. The summed E-state index contributed by atoms with van der Waals surface area (Å²) in [4.78, 5) is 47.5. The topological polar surface area (TPSA) is 146 Å². The molecule has 1 fully saturated rings. The number of hydrogen-bond acceptors (Lipinski definition) is 9. The van der Waals surface area contributed by atoms with Crippen molar-refractivity contribution in [1.82, 2.24) is 10.6 Å². The predicted octanol–water partition coefficient (Wildman–Crippen LogP) is -1.24. The lowest BCUT2D eigenvalue weighted by Gasteiger charge is -2.21. The van der Waals surface area contributed by atoms with Crippen LogP contribution in [0.4, 0.5) is 0 Å². The number of rotatable bonds is 13. The normalized spacial score (nSPS) is 20.4. The Morgan fingerprint density at radius 3 is 2.47 bits per heavy atom. The molecule has 0 radical (unpaired) electrons. The predicted molar refractivity (Wildman–Crippen MR) is 116 cm³/mol. The third kappa shape index (κ3) is 12.4. The number of nitrogens with one attached hydrogen (secondary N) is 2. The molecule has 1 aliphatic rings.